The van der Waals surface area contributed by atoms with Gasteiger partial charge in [-0.05, 0) is 42.3 Å². The Hall–Kier alpha value is -2.70. The number of amides is 1. The van der Waals surface area contributed by atoms with Gasteiger partial charge in [0.05, 0.1) is 18.7 Å². The van der Waals surface area contributed by atoms with Crippen molar-refractivity contribution in [2.45, 2.75) is 37.5 Å². The predicted molar refractivity (Wildman–Crippen MR) is 119 cm³/mol. The van der Waals surface area contributed by atoms with Gasteiger partial charge in [-0.3, -0.25) is 9.69 Å². The van der Waals surface area contributed by atoms with E-state index in [1.807, 2.05) is 24.3 Å². The average molecular weight is 418 g/mol. The fourth-order valence-corrected chi connectivity index (χ4v) is 5.67. The van der Waals surface area contributed by atoms with E-state index in [2.05, 4.69) is 40.2 Å². The number of benzene rings is 2. The molecule has 6 heteroatoms. The number of H-pyrrole nitrogens is 1. The normalized spacial score (nSPS) is 25.8. The molecule has 30 heavy (non-hydrogen) atoms. The minimum atomic E-state index is -0.268. The minimum Gasteiger partial charge on any atom is -0.376 e. The highest BCUT2D eigenvalue weighted by Crippen LogP contribution is 2.44. The van der Waals surface area contributed by atoms with Gasteiger partial charge in [-0.15, -0.1) is 0 Å². The molecule has 1 N–H and O–H groups in total. The molecule has 2 saturated heterocycles. The quantitative estimate of drug-likeness (QED) is 0.659. The summed E-state index contributed by atoms with van der Waals surface area (Å²) in [5.74, 6) is 0.104. The molecule has 152 valence electrons. The average Bonchev–Trinajstić information content (AvgIpc) is 3.48. The Morgan fingerprint density at radius 1 is 1.10 bits per heavy atom. The number of carbonyl (C=O) groups is 1. The van der Waals surface area contributed by atoms with Gasteiger partial charge in [-0.25, -0.2) is 0 Å². The van der Waals surface area contributed by atoms with Gasteiger partial charge in [0.15, 0.2) is 5.11 Å². The summed E-state index contributed by atoms with van der Waals surface area (Å²) in [6.45, 7) is 1.33. The van der Waals surface area contributed by atoms with Crippen LogP contribution in [-0.4, -0.2) is 51.1 Å². The molecule has 1 aromatic heterocycles. The summed E-state index contributed by atoms with van der Waals surface area (Å²) in [5.41, 5.74) is 4.63. The first-order valence-corrected chi connectivity index (χ1v) is 11.0. The Labute approximate surface area is 180 Å². The van der Waals surface area contributed by atoms with Gasteiger partial charge in [0, 0.05) is 29.6 Å². The number of hydrogen-bond donors (Lipinski definition) is 1. The van der Waals surface area contributed by atoms with Crippen LogP contribution in [0.4, 0.5) is 0 Å². The molecule has 0 spiro atoms. The van der Waals surface area contributed by atoms with Gasteiger partial charge < -0.3 is 14.6 Å². The maximum Gasteiger partial charge on any atom is 0.251 e. The van der Waals surface area contributed by atoms with Crippen molar-refractivity contribution in [1.29, 1.82) is 0 Å². The van der Waals surface area contributed by atoms with Gasteiger partial charge in [0.2, 0.25) is 0 Å². The van der Waals surface area contributed by atoms with E-state index in [4.69, 9.17) is 17.0 Å². The van der Waals surface area contributed by atoms with Crippen LogP contribution in [0.2, 0.25) is 0 Å². The first kappa shape index (κ1) is 18.1. The summed E-state index contributed by atoms with van der Waals surface area (Å²) in [4.78, 5) is 21.1. The SMILES string of the molecule is O=C1[C@@H]2Cc3c([nH]c4ccccc34)[C@@H](c3ccccc3)N2C(=S)N1C[C@H]1CCCO1. The minimum absolute atomic E-state index is 0.0853. The molecule has 0 radical (unpaired) electrons. The molecule has 0 aliphatic carbocycles. The number of aromatic amines is 1. The van der Waals surface area contributed by atoms with Crippen molar-refractivity contribution in [1.82, 2.24) is 14.8 Å². The van der Waals surface area contributed by atoms with E-state index in [0.29, 0.717) is 18.1 Å². The van der Waals surface area contributed by atoms with E-state index >= 15 is 0 Å². The standard InChI is InChI=1S/C24H23N3O2S/c28-23-20-13-18-17-10-4-5-11-19(17)25-21(18)22(15-7-2-1-3-8-15)27(20)24(30)26(23)14-16-9-6-12-29-16/h1-5,7-8,10-11,16,20,22,25H,6,9,12-14H2/t16-,20+,22-/m1/s1. The molecule has 0 bridgehead atoms. The smallest absolute Gasteiger partial charge is 0.251 e. The van der Waals surface area contributed by atoms with Gasteiger partial charge in [0.1, 0.15) is 6.04 Å². The first-order valence-electron chi connectivity index (χ1n) is 10.6. The van der Waals surface area contributed by atoms with Crippen LogP contribution in [0.1, 0.15) is 35.7 Å². The van der Waals surface area contributed by atoms with Gasteiger partial charge >= 0.3 is 0 Å². The molecule has 6 rings (SSSR count). The lowest BCUT2D eigenvalue weighted by molar-refractivity contribution is -0.129. The molecule has 0 unspecified atom stereocenters. The molecule has 2 aromatic carbocycles. The fourth-order valence-electron chi connectivity index (χ4n) is 5.27. The van der Waals surface area contributed by atoms with E-state index in [-0.39, 0.29) is 24.1 Å². The van der Waals surface area contributed by atoms with Crippen molar-refractivity contribution >= 4 is 34.1 Å². The molecule has 3 atom stereocenters. The topological polar surface area (TPSA) is 48.6 Å². The summed E-state index contributed by atoms with van der Waals surface area (Å²) in [6.07, 6.45) is 2.80. The zero-order valence-electron chi connectivity index (χ0n) is 16.6. The maximum absolute atomic E-state index is 13.5. The van der Waals surface area contributed by atoms with Gasteiger partial charge in [0.25, 0.3) is 5.91 Å². The largest absolute Gasteiger partial charge is 0.376 e. The zero-order chi connectivity index (χ0) is 20.2. The predicted octanol–water partition coefficient (Wildman–Crippen LogP) is 3.79. The lowest BCUT2D eigenvalue weighted by atomic mass is 9.89. The summed E-state index contributed by atoms with van der Waals surface area (Å²) < 4.78 is 5.80. The number of para-hydroxylation sites is 1. The first-order chi connectivity index (χ1) is 14.7. The van der Waals surface area contributed by atoms with Crippen LogP contribution >= 0.6 is 12.2 Å². The van der Waals surface area contributed by atoms with Crippen LogP contribution in [0.15, 0.2) is 54.6 Å². The van der Waals surface area contributed by atoms with Crippen LogP contribution in [0.5, 0.6) is 0 Å². The molecule has 3 aliphatic rings. The van der Waals surface area contributed by atoms with Crippen molar-refractivity contribution in [3.05, 3.63) is 71.4 Å². The third-order valence-electron chi connectivity index (χ3n) is 6.66. The summed E-state index contributed by atoms with van der Waals surface area (Å²) >= 11 is 5.90. The van der Waals surface area contributed by atoms with Crippen molar-refractivity contribution in [3.63, 3.8) is 0 Å². The lowest BCUT2D eigenvalue weighted by Gasteiger charge is -2.37. The van der Waals surface area contributed by atoms with Crippen LogP contribution < -0.4 is 0 Å². The Morgan fingerprint density at radius 2 is 1.90 bits per heavy atom. The Kier molecular flexibility index (Phi) is 4.18. The van der Waals surface area contributed by atoms with Crippen LogP contribution in [0, 0.1) is 0 Å². The maximum atomic E-state index is 13.5. The van der Waals surface area contributed by atoms with E-state index in [9.17, 15) is 4.79 Å². The van der Waals surface area contributed by atoms with E-state index in [1.54, 1.807) is 4.90 Å². The molecular weight excluding hydrogens is 394 g/mol. The Bertz CT molecular complexity index is 1140. The highest BCUT2D eigenvalue weighted by atomic mass is 32.1. The molecular formula is C24H23N3O2S. The summed E-state index contributed by atoms with van der Waals surface area (Å²) in [6, 6.07) is 18.3. The number of fused-ring (bicyclic) bond motifs is 4. The van der Waals surface area contributed by atoms with Crippen molar-refractivity contribution in [3.8, 4) is 0 Å². The number of nitrogens with one attached hydrogen (secondary N) is 1. The van der Waals surface area contributed by atoms with E-state index < -0.39 is 0 Å². The third kappa shape index (κ3) is 2.63. The number of aromatic nitrogens is 1. The molecule has 0 saturated carbocycles. The van der Waals surface area contributed by atoms with Crippen molar-refractivity contribution < 1.29 is 9.53 Å². The second-order valence-electron chi connectivity index (χ2n) is 8.37. The third-order valence-corrected chi connectivity index (χ3v) is 7.09. The molecule has 3 aromatic rings. The second kappa shape index (κ2) is 6.93. The van der Waals surface area contributed by atoms with Crippen LogP contribution in [0.3, 0.4) is 0 Å². The number of carbonyl (C=O) groups excluding carboxylic acids is 1. The molecule has 3 aliphatic heterocycles. The number of hydrogen-bond acceptors (Lipinski definition) is 3. The number of ether oxygens (including phenoxy) is 1. The van der Waals surface area contributed by atoms with Gasteiger partial charge in [-0.2, -0.15) is 0 Å². The molecule has 2 fully saturated rings. The fraction of sp³-hybridized carbons (Fsp3) is 0.333. The lowest BCUT2D eigenvalue weighted by Crippen LogP contribution is -2.44. The van der Waals surface area contributed by atoms with Crippen LogP contribution in [-0.2, 0) is 16.0 Å². The number of nitrogens with zero attached hydrogens (tertiary/aromatic N) is 2. The zero-order valence-corrected chi connectivity index (χ0v) is 17.4. The van der Waals surface area contributed by atoms with E-state index in [0.717, 1.165) is 36.2 Å². The monoisotopic (exact) mass is 417 g/mol. The number of thiocarbonyl (C=S) groups is 1. The van der Waals surface area contributed by atoms with Gasteiger partial charge in [-0.1, -0.05) is 48.5 Å². The summed E-state index contributed by atoms with van der Waals surface area (Å²) in [7, 11) is 0. The Balaban J connectivity index is 1.47. The molecule has 4 heterocycles. The second-order valence-corrected chi connectivity index (χ2v) is 8.73. The highest BCUT2D eigenvalue weighted by molar-refractivity contribution is 7.80. The molecule has 1 amide bonds. The van der Waals surface area contributed by atoms with E-state index in [1.165, 1.54) is 10.9 Å². The highest BCUT2D eigenvalue weighted by Gasteiger charge is 2.50. The van der Waals surface area contributed by atoms with Crippen molar-refractivity contribution in [2.24, 2.45) is 0 Å². The summed E-state index contributed by atoms with van der Waals surface area (Å²) in [5, 5.41) is 1.82. The van der Waals surface area contributed by atoms with Crippen LogP contribution in [0.25, 0.3) is 10.9 Å². The molecule has 5 nitrogen and oxygen atoms in total. The van der Waals surface area contributed by atoms with Crippen molar-refractivity contribution in [2.75, 3.05) is 13.2 Å². The Morgan fingerprint density at radius 3 is 2.70 bits per heavy atom. The number of rotatable bonds is 3.